The zero-order valence-corrected chi connectivity index (χ0v) is 10.8. The second kappa shape index (κ2) is 4.61. The Morgan fingerprint density at radius 1 is 1.43 bits per heavy atom. The summed E-state index contributed by atoms with van der Waals surface area (Å²) in [6.45, 7) is 10.1. The Labute approximate surface area is 93.9 Å². The predicted octanol–water partition coefficient (Wildman–Crippen LogP) is 3.62. The van der Waals surface area contributed by atoms with Gasteiger partial charge >= 0.3 is 0 Å². The minimum atomic E-state index is 0.167. The second-order valence-corrected chi connectivity index (χ2v) is 5.72. The molecule has 0 aromatic rings. The summed E-state index contributed by atoms with van der Waals surface area (Å²) >= 11 is 5.52. The highest BCUT2D eigenvalue weighted by atomic mass is 32.1. The van der Waals surface area contributed by atoms with Gasteiger partial charge in [-0.25, -0.2) is 0 Å². The number of likely N-dealkylation sites (tertiary alicyclic amines) is 1. The van der Waals surface area contributed by atoms with Crippen LogP contribution in [0.25, 0.3) is 0 Å². The van der Waals surface area contributed by atoms with Gasteiger partial charge in [0, 0.05) is 18.0 Å². The molecule has 1 heterocycles. The summed E-state index contributed by atoms with van der Waals surface area (Å²) in [5, 5.41) is 0. The van der Waals surface area contributed by atoms with Crippen molar-refractivity contribution < 1.29 is 0 Å². The lowest BCUT2D eigenvalue weighted by atomic mass is 9.89. The molecule has 1 fully saturated rings. The molecule has 0 amide bonds. The van der Waals surface area contributed by atoms with E-state index in [-0.39, 0.29) is 5.41 Å². The molecule has 1 unspecified atom stereocenters. The molecule has 1 rings (SSSR count). The Hall–Kier alpha value is -0.110. The molecule has 0 radical (unpaired) electrons. The van der Waals surface area contributed by atoms with Crippen molar-refractivity contribution in [1.82, 2.24) is 4.90 Å². The quantitative estimate of drug-likeness (QED) is 0.659. The highest BCUT2D eigenvalue weighted by Crippen LogP contribution is 2.29. The van der Waals surface area contributed by atoms with Gasteiger partial charge in [0.05, 0.1) is 4.99 Å². The lowest BCUT2D eigenvalue weighted by Gasteiger charge is -2.46. The number of unbranched alkanes of at least 4 members (excludes halogenated alkanes) is 1. The van der Waals surface area contributed by atoms with Crippen molar-refractivity contribution in [3.8, 4) is 0 Å². The molecule has 82 valence electrons. The molecule has 0 saturated carbocycles. The van der Waals surface area contributed by atoms with Crippen LogP contribution in [0.1, 0.15) is 53.4 Å². The molecule has 2 heteroatoms. The maximum atomic E-state index is 5.52. The Balaban J connectivity index is 2.42. The maximum Gasteiger partial charge on any atom is 0.0836 e. The molecule has 1 aliphatic heterocycles. The van der Waals surface area contributed by atoms with E-state index in [1.54, 1.807) is 0 Å². The molecule has 14 heavy (non-hydrogen) atoms. The van der Waals surface area contributed by atoms with E-state index in [0.717, 1.165) is 11.0 Å². The molecular weight excluding hydrogens is 190 g/mol. The summed E-state index contributed by atoms with van der Waals surface area (Å²) < 4.78 is 0. The van der Waals surface area contributed by atoms with Gasteiger partial charge < -0.3 is 4.90 Å². The maximum absolute atomic E-state index is 5.52. The number of hydrogen-bond donors (Lipinski definition) is 0. The van der Waals surface area contributed by atoms with Crippen molar-refractivity contribution in [3.63, 3.8) is 0 Å². The van der Waals surface area contributed by atoms with Crippen molar-refractivity contribution in [3.05, 3.63) is 0 Å². The third-order valence-electron chi connectivity index (χ3n) is 2.94. The van der Waals surface area contributed by atoms with Gasteiger partial charge in [-0.15, -0.1) is 0 Å². The fourth-order valence-electron chi connectivity index (χ4n) is 1.88. The van der Waals surface area contributed by atoms with Crippen molar-refractivity contribution >= 4 is 17.2 Å². The minimum absolute atomic E-state index is 0.167. The fourth-order valence-corrected chi connectivity index (χ4v) is 2.12. The molecule has 1 nitrogen and oxygen atoms in total. The summed E-state index contributed by atoms with van der Waals surface area (Å²) in [7, 11) is 0. The molecule has 0 bridgehead atoms. The van der Waals surface area contributed by atoms with Crippen LogP contribution in [0.3, 0.4) is 0 Å². The van der Waals surface area contributed by atoms with Gasteiger partial charge in [0.2, 0.25) is 0 Å². The molecule has 0 aromatic carbocycles. The summed E-state index contributed by atoms with van der Waals surface area (Å²) in [5.41, 5.74) is 0.167. The van der Waals surface area contributed by atoms with Crippen LogP contribution in [0, 0.1) is 5.41 Å². The van der Waals surface area contributed by atoms with Crippen molar-refractivity contribution in [2.75, 3.05) is 6.54 Å². The minimum Gasteiger partial charge on any atom is -0.363 e. The summed E-state index contributed by atoms with van der Waals surface area (Å²) in [5.74, 6) is 0. The molecule has 0 spiro atoms. The number of hydrogen-bond acceptors (Lipinski definition) is 1. The SMILES string of the molecule is CCCCC1CCN1C(=S)C(C)(C)C. The monoisotopic (exact) mass is 213 g/mol. The molecular formula is C12H23NS. The van der Waals surface area contributed by atoms with E-state index in [9.17, 15) is 0 Å². The van der Waals surface area contributed by atoms with Crippen LogP contribution >= 0.6 is 12.2 Å². The summed E-state index contributed by atoms with van der Waals surface area (Å²) in [6.07, 6.45) is 5.31. The van der Waals surface area contributed by atoms with Crippen molar-refractivity contribution in [2.45, 2.75) is 59.4 Å². The van der Waals surface area contributed by atoms with Gasteiger partial charge in [-0.3, -0.25) is 0 Å². The zero-order chi connectivity index (χ0) is 10.8. The topological polar surface area (TPSA) is 3.24 Å². The van der Waals surface area contributed by atoms with E-state index in [4.69, 9.17) is 12.2 Å². The smallest absolute Gasteiger partial charge is 0.0836 e. The van der Waals surface area contributed by atoms with Gasteiger partial charge in [-0.2, -0.15) is 0 Å². The van der Waals surface area contributed by atoms with Crippen LogP contribution in [0.15, 0.2) is 0 Å². The van der Waals surface area contributed by atoms with E-state index in [0.29, 0.717) is 0 Å². The first-order valence-corrected chi connectivity index (χ1v) is 6.18. The molecule has 0 N–H and O–H groups in total. The van der Waals surface area contributed by atoms with Gasteiger partial charge in [0.25, 0.3) is 0 Å². The first-order valence-electron chi connectivity index (χ1n) is 5.78. The van der Waals surface area contributed by atoms with E-state index in [1.165, 1.54) is 32.2 Å². The summed E-state index contributed by atoms with van der Waals surface area (Å²) in [4.78, 5) is 3.59. The summed E-state index contributed by atoms with van der Waals surface area (Å²) in [6, 6.07) is 0.752. The van der Waals surface area contributed by atoms with Crippen LogP contribution in [-0.4, -0.2) is 22.5 Å². The van der Waals surface area contributed by atoms with E-state index in [2.05, 4.69) is 32.6 Å². The molecule has 1 aliphatic rings. The number of rotatable bonds is 3. The van der Waals surface area contributed by atoms with E-state index in [1.807, 2.05) is 0 Å². The van der Waals surface area contributed by atoms with Crippen LogP contribution in [0.2, 0.25) is 0 Å². The van der Waals surface area contributed by atoms with Crippen molar-refractivity contribution in [2.24, 2.45) is 5.41 Å². The van der Waals surface area contributed by atoms with Gasteiger partial charge in [0.15, 0.2) is 0 Å². The van der Waals surface area contributed by atoms with Gasteiger partial charge in [-0.1, -0.05) is 52.8 Å². The third-order valence-corrected chi connectivity index (χ3v) is 3.78. The largest absolute Gasteiger partial charge is 0.363 e. The highest BCUT2D eigenvalue weighted by molar-refractivity contribution is 7.80. The zero-order valence-electron chi connectivity index (χ0n) is 9.97. The van der Waals surface area contributed by atoms with Gasteiger partial charge in [-0.05, 0) is 12.8 Å². The fraction of sp³-hybridized carbons (Fsp3) is 0.917. The Morgan fingerprint density at radius 3 is 2.43 bits per heavy atom. The first kappa shape index (κ1) is 12.0. The van der Waals surface area contributed by atoms with Crippen LogP contribution < -0.4 is 0 Å². The van der Waals surface area contributed by atoms with Crippen LogP contribution in [-0.2, 0) is 0 Å². The predicted molar refractivity (Wildman–Crippen MR) is 66.7 cm³/mol. The van der Waals surface area contributed by atoms with Crippen LogP contribution in [0.4, 0.5) is 0 Å². The average Bonchev–Trinajstić information content (AvgIpc) is 2.01. The Kier molecular flexibility index (Phi) is 3.94. The van der Waals surface area contributed by atoms with E-state index >= 15 is 0 Å². The van der Waals surface area contributed by atoms with Gasteiger partial charge in [0.1, 0.15) is 0 Å². The standard InChI is InChI=1S/C12H23NS/c1-5-6-7-10-8-9-13(10)11(14)12(2,3)4/h10H,5-9H2,1-4H3. The van der Waals surface area contributed by atoms with Crippen molar-refractivity contribution in [1.29, 1.82) is 0 Å². The number of nitrogens with zero attached hydrogens (tertiary/aromatic N) is 1. The molecule has 1 saturated heterocycles. The van der Waals surface area contributed by atoms with E-state index < -0.39 is 0 Å². The molecule has 0 aliphatic carbocycles. The average molecular weight is 213 g/mol. The normalized spacial score (nSPS) is 22.0. The highest BCUT2D eigenvalue weighted by Gasteiger charge is 2.33. The Morgan fingerprint density at radius 2 is 2.07 bits per heavy atom. The third kappa shape index (κ3) is 2.69. The molecule has 1 atom stereocenters. The second-order valence-electron chi connectivity index (χ2n) is 5.33. The van der Waals surface area contributed by atoms with Crippen LogP contribution in [0.5, 0.6) is 0 Å². The lowest BCUT2D eigenvalue weighted by Crippen LogP contribution is -2.53. The Bertz CT molecular complexity index is 205. The number of thiocarbonyl (C=S) groups is 1. The lowest BCUT2D eigenvalue weighted by molar-refractivity contribution is 0.161. The first-order chi connectivity index (χ1) is 6.46. The molecule has 0 aromatic heterocycles.